The summed E-state index contributed by atoms with van der Waals surface area (Å²) < 4.78 is 13.4. The predicted molar refractivity (Wildman–Crippen MR) is 70.2 cm³/mol. The van der Waals surface area contributed by atoms with E-state index in [9.17, 15) is 9.18 Å². The minimum atomic E-state index is -0.237. The standard InChI is InChI=1S/C13H10FNO.C2H6/c14-13-4-2-1-3-12(13)6-10-5-11(9-16)8-15-7-10;1-2/h1-5,7-9H,6H2;1-2H3. The maximum Gasteiger partial charge on any atom is 0.151 e. The lowest BCUT2D eigenvalue weighted by atomic mass is 10.1. The van der Waals surface area contributed by atoms with Gasteiger partial charge in [0.05, 0.1) is 0 Å². The van der Waals surface area contributed by atoms with Gasteiger partial charge < -0.3 is 0 Å². The number of carbonyl (C=O) groups excluding carboxylic acids is 1. The van der Waals surface area contributed by atoms with Crippen molar-refractivity contribution in [2.45, 2.75) is 20.3 Å². The van der Waals surface area contributed by atoms with Gasteiger partial charge in [-0.15, -0.1) is 0 Å². The molecule has 0 amide bonds. The van der Waals surface area contributed by atoms with Gasteiger partial charge in [-0.05, 0) is 23.3 Å². The molecule has 0 aliphatic carbocycles. The lowest BCUT2D eigenvalue weighted by Crippen LogP contribution is -1.94. The Morgan fingerprint density at radius 2 is 1.94 bits per heavy atom. The number of pyridine rings is 1. The fraction of sp³-hybridized carbons (Fsp3) is 0.200. The van der Waals surface area contributed by atoms with E-state index in [1.807, 2.05) is 13.8 Å². The SMILES string of the molecule is CC.O=Cc1cncc(Cc2ccccc2F)c1. The minimum absolute atomic E-state index is 0.237. The number of nitrogens with zero attached hydrogens (tertiary/aromatic N) is 1. The van der Waals surface area contributed by atoms with Gasteiger partial charge in [-0.2, -0.15) is 0 Å². The van der Waals surface area contributed by atoms with Crippen molar-refractivity contribution in [3.63, 3.8) is 0 Å². The van der Waals surface area contributed by atoms with Gasteiger partial charge in [0.15, 0.2) is 6.29 Å². The van der Waals surface area contributed by atoms with E-state index in [0.29, 0.717) is 17.5 Å². The van der Waals surface area contributed by atoms with E-state index < -0.39 is 0 Å². The molecule has 2 aromatic rings. The van der Waals surface area contributed by atoms with Crippen molar-refractivity contribution in [3.8, 4) is 0 Å². The first-order valence-electron chi connectivity index (χ1n) is 5.92. The van der Waals surface area contributed by atoms with Crippen LogP contribution in [0.15, 0.2) is 42.7 Å². The first-order valence-corrected chi connectivity index (χ1v) is 5.92. The van der Waals surface area contributed by atoms with Crippen molar-refractivity contribution in [1.29, 1.82) is 0 Å². The molecule has 1 aromatic carbocycles. The summed E-state index contributed by atoms with van der Waals surface area (Å²) >= 11 is 0. The third-order valence-electron chi connectivity index (χ3n) is 2.30. The second-order valence-electron chi connectivity index (χ2n) is 3.51. The highest BCUT2D eigenvalue weighted by atomic mass is 19.1. The summed E-state index contributed by atoms with van der Waals surface area (Å²) in [6.07, 6.45) is 4.30. The van der Waals surface area contributed by atoms with E-state index in [2.05, 4.69) is 4.98 Å². The average molecular weight is 245 g/mol. The highest BCUT2D eigenvalue weighted by molar-refractivity contribution is 5.74. The maximum absolute atomic E-state index is 13.4. The number of hydrogen-bond donors (Lipinski definition) is 0. The highest BCUT2D eigenvalue weighted by Crippen LogP contribution is 2.12. The summed E-state index contributed by atoms with van der Waals surface area (Å²) in [6, 6.07) is 8.30. The number of halogens is 1. The molecule has 2 rings (SSSR count). The van der Waals surface area contributed by atoms with Crippen LogP contribution in [-0.2, 0) is 6.42 Å². The zero-order valence-electron chi connectivity index (χ0n) is 10.6. The highest BCUT2D eigenvalue weighted by Gasteiger charge is 2.03. The second-order valence-corrected chi connectivity index (χ2v) is 3.51. The van der Waals surface area contributed by atoms with Gasteiger partial charge in [-0.1, -0.05) is 32.0 Å². The first kappa shape index (κ1) is 14.0. The van der Waals surface area contributed by atoms with Crippen LogP contribution in [-0.4, -0.2) is 11.3 Å². The molecule has 94 valence electrons. The van der Waals surface area contributed by atoms with Crippen molar-refractivity contribution in [1.82, 2.24) is 4.98 Å². The molecular formula is C15H16FNO. The van der Waals surface area contributed by atoms with Crippen LogP contribution in [0.4, 0.5) is 4.39 Å². The first-order chi connectivity index (χ1) is 8.79. The van der Waals surface area contributed by atoms with Crippen molar-refractivity contribution in [2.75, 3.05) is 0 Å². The number of aldehydes is 1. The number of aromatic nitrogens is 1. The van der Waals surface area contributed by atoms with Gasteiger partial charge >= 0.3 is 0 Å². The molecule has 3 heteroatoms. The van der Waals surface area contributed by atoms with Gasteiger partial charge in [0, 0.05) is 24.4 Å². The molecule has 1 aromatic heterocycles. The zero-order valence-corrected chi connectivity index (χ0v) is 10.6. The van der Waals surface area contributed by atoms with Gasteiger partial charge in [0.1, 0.15) is 5.82 Å². The Kier molecular flexibility index (Phi) is 5.71. The van der Waals surface area contributed by atoms with Crippen molar-refractivity contribution in [3.05, 3.63) is 65.2 Å². The normalized spacial score (nSPS) is 9.28. The van der Waals surface area contributed by atoms with Gasteiger partial charge in [0.2, 0.25) is 0 Å². The van der Waals surface area contributed by atoms with Crippen LogP contribution in [0.5, 0.6) is 0 Å². The van der Waals surface area contributed by atoms with Crippen LogP contribution in [0, 0.1) is 5.82 Å². The zero-order chi connectivity index (χ0) is 13.4. The van der Waals surface area contributed by atoms with E-state index >= 15 is 0 Å². The van der Waals surface area contributed by atoms with Crippen molar-refractivity contribution in [2.24, 2.45) is 0 Å². The van der Waals surface area contributed by atoms with Crippen LogP contribution in [0.2, 0.25) is 0 Å². The van der Waals surface area contributed by atoms with Crippen LogP contribution < -0.4 is 0 Å². The number of benzene rings is 1. The van der Waals surface area contributed by atoms with Gasteiger partial charge in [-0.25, -0.2) is 4.39 Å². The van der Waals surface area contributed by atoms with E-state index in [1.165, 1.54) is 12.3 Å². The molecule has 0 N–H and O–H groups in total. The molecule has 0 aliphatic heterocycles. The van der Waals surface area contributed by atoms with E-state index in [1.54, 1.807) is 30.5 Å². The molecular weight excluding hydrogens is 229 g/mol. The molecule has 2 nitrogen and oxygen atoms in total. The molecule has 0 unspecified atom stereocenters. The quantitative estimate of drug-likeness (QED) is 0.772. The monoisotopic (exact) mass is 245 g/mol. The molecule has 18 heavy (non-hydrogen) atoms. The molecule has 0 radical (unpaired) electrons. The minimum Gasteiger partial charge on any atom is -0.298 e. The predicted octanol–water partition coefficient (Wildman–Crippen LogP) is 3.65. The second kappa shape index (κ2) is 7.33. The van der Waals surface area contributed by atoms with E-state index in [4.69, 9.17) is 0 Å². The number of hydrogen-bond acceptors (Lipinski definition) is 2. The Bertz CT molecular complexity index is 511. The van der Waals surface area contributed by atoms with Crippen LogP contribution >= 0.6 is 0 Å². The van der Waals surface area contributed by atoms with E-state index in [-0.39, 0.29) is 5.82 Å². The van der Waals surface area contributed by atoms with E-state index in [0.717, 1.165) is 11.8 Å². The lowest BCUT2D eigenvalue weighted by molar-refractivity contribution is 0.112. The average Bonchev–Trinajstić information content (AvgIpc) is 2.44. The molecule has 0 aliphatic rings. The fourth-order valence-electron chi connectivity index (χ4n) is 1.53. The summed E-state index contributed by atoms with van der Waals surface area (Å²) in [4.78, 5) is 14.5. The topological polar surface area (TPSA) is 30.0 Å². The Hall–Kier alpha value is -2.03. The third-order valence-corrected chi connectivity index (χ3v) is 2.30. The molecule has 1 heterocycles. The Balaban J connectivity index is 0.000000771. The fourth-order valence-corrected chi connectivity index (χ4v) is 1.53. The smallest absolute Gasteiger partial charge is 0.151 e. The van der Waals surface area contributed by atoms with Gasteiger partial charge in [-0.3, -0.25) is 9.78 Å². The van der Waals surface area contributed by atoms with Gasteiger partial charge in [0.25, 0.3) is 0 Å². The Labute approximate surface area is 107 Å². The van der Waals surface area contributed by atoms with Crippen LogP contribution in [0.3, 0.4) is 0 Å². The van der Waals surface area contributed by atoms with Crippen molar-refractivity contribution < 1.29 is 9.18 Å². The molecule has 0 saturated carbocycles. The molecule has 0 atom stereocenters. The summed E-state index contributed by atoms with van der Waals surface area (Å²) in [5.41, 5.74) is 1.94. The Morgan fingerprint density at radius 1 is 1.22 bits per heavy atom. The molecule has 0 bridgehead atoms. The number of rotatable bonds is 3. The van der Waals surface area contributed by atoms with Crippen LogP contribution in [0.1, 0.15) is 35.3 Å². The van der Waals surface area contributed by atoms with Crippen LogP contribution in [0.25, 0.3) is 0 Å². The lowest BCUT2D eigenvalue weighted by Gasteiger charge is -2.03. The summed E-state index contributed by atoms with van der Waals surface area (Å²) in [5, 5.41) is 0. The summed E-state index contributed by atoms with van der Waals surface area (Å²) in [5.74, 6) is -0.237. The Morgan fingerprint density at radius 3 is 2.61 bits per heavy atom. The molecule has 0 spiro atoms. The summed E-state index contributed by atoms with van der Waals surface area (Å²) in [7, 11) is 0. The molecule has 0 saturated heterocycles. The summed E-state index contributed by atoms with van der Waals surface area (Å²) in [6.45, 7) is 4.00. The molecule has 0 fully saturated rings. The number of carbonyl (C=O) groups is 1. The maximum atomic E-state index is 13.4. The third kappa shape index (κ3) is 3.77. The van der Waals surface area contributed by atoms with Crippen molar-refractivity contribution >= 4 is 6.29 Å². The largest absolute Gasteiger partial charge is 0.298 e.